The summed E-state index contributed by atoms with van der Waals surface area (Å²) in [7, 11) is 0. The van der Waals surface area contributed by atoms with Gasteiger partial charge in [-0.25, -0.2) is 19.9 Å². The minimum Gasteiger partial charge on any atom is -1.00 e. The number of aryl methyl sites for hydroxylation is 2. The lowest BCUT2D eigenvalue weighted by Gasteiger charge is -2.15. The maximum atomic E-state index is 12.7. The van der Waals surface area contributed by atoms with E-state index in [2.05, 4.69) is 89.1 Å². The first-order valence-corrected chi connectivity index (χ1v) is 22.5. The zero-order valence-corrected chi connectivity index (χ0v) is 39.9. The quantitative estimate of drug-likeness (QED) is 0.0573. The highest BCUT2D eigenvalue weighted by molar-refractivity contribution is 6.03. The number of hydrogen-bond acceptors (Lipinski definition) is 15. The molecular formula is C52H56FN12O5-. The Labute approximate surface area is 406 Å². The largest absolute Gasteiger partial charge is 1.00 e. The molecule has 0 spiro atoms. The van der Waals surface area contributed by atoms with Crippen LogP contribution in [0.3, 0.4) is 0 Å². The third-order valence-electron chi connectivity index (χ3n) is 10.3. The Morgan fingerprint density at radius 1 is 0.614 bits per heavy atom. The molecule has 0 saturated heterocycles. The number of carbonyl (C=O) groups is 3. The second-order valence-corrected chi connectivity index (χ2v) is 15.2. The number of aromatic nitrogens is 6. The van der Waals surface area contributed by atoms with Crippen LogP contribution in [-0.4, -0.2) is 79.1 Å². The third-order valence-corrected chi connectivity index (χ3v) is 10.3. The minimum absolute atomic E-state index is 0. The lowest BCUT2D eigenvalue weighted by atomic mass is 10.1. The standard InChI is InChI=1S/C26H28N6O2.C22H17N5O3.C4H11N.FH/c1-4-32(5-2)17-21-10-11-24(34-21)25(33)29-20-9-8-18(3)23(15-20)31-26-28-14-12-22(30-26)19-7-6-13-27-16-19;1-14-4-5-16(25-21(29)20-7-6-17(13-28)30-20)11-19(14)27-22-24-10-8-18(26-22)15-3-2-9-23-12-15;1-3-5-4-2;/h6-16H,4-5,17H2,1-3H3,(H,29,33)(H,28,30,31);2-13H,1H3,(H,25,29)(H,24,26,27);5H,3-4H2,1-2H3;1H/p-1. The Hall–Kier alpha value is -8.48. The Morgan fingerprint density at radius 3 is 1.54 bits per heavy atom. The van der Waals surface area contributed by atoms with Crippen molar-refractivity contribution < 1.29 is 27.9 Å². The summed E-state index contributed by atoms with van der Waals surface area (Å²) in [6.45, 7) is 17.0. The van der Waals surface area contributed by atoms with E-state index in [0.717, 1.165) is 77.0 Å². The molecule has 18 heteroatoms. The molecule has 0 fully saturated rings. The number of hydrogen-bond donors (Lipinski definition) is 5. The molecule has 6 aromatic heterocycles. The second kappa shape index (κ2) is 26.8. The molecule has 0 aliphatic heterocycles. The smallest absolute Gasteiger partial charge is 0.291 e. The second-order valence-electron chi connectivity index (χ2n) is 15.2. The van der Waals surface area contributed by atoms with Crippen molar-refractivity contribution in [2.24, 2.45) is 0 Å². The van der Waals surface area contributed by atoms with Crippen LogP contribution < -0.4 is 31.3 Å². The number of rotatable bonds is 17. The summed E-state index contributed by atoms with van der Waals surface area (Å²) in [5.41, 5.74) is 7.98. The van der Waals surface area contributed by atoms with Crippen molar-refractivity contribution in [2.45, 2.75) is 48.1 Å². The number of benzene rings is 2. The number of anilines is 6. The number of pyridine rings is 2. The maximum Gasteiger partial charge on any atom is 0.291 e. The predicted octanol–water partition coefficient (Wildman–Crippen LogP) is 7.15. The molecule has 8 rings (SSSR count). The highest BCUT2D eigenvalue weighted by atomic mass is 19.0. The van der Waals surface area contributed by atoms with Crippen LogP contribution in [0.25, 0.3) is 22.5 Å². The van der Waals surface area contributed by atoms with Crippen LogP contribution in [0, 0.1) is 13.8 Å². The fraction of sp³-hybridized carbons (Fsp3) is 0.212. The van der Waals surface area contributed by atoms with E-state index in [0.29, 0.717) is 36.1 Å². The minimum atomic E-state index is -0.451. The van der Waals surface area contributed by atoms with Crippen molar-refractivity contribution in [1.29, 1.82) is 0 Å². The Bertz CT molecular complexity index is 2910. The van der Waals surface area contributed by atoms with Gasteiger partial charge in [0.05, 0.1) is 17.9 Å². The third kappa shape index (κ3) is 15.3. The van der Waals surface area contributed by atoms with Crippen LogP contribution in [0.2, 0.25) is 0 Å². The van der Waals surface area contributed by atoms with Crippen LogP contribution in [-0.2, 0) is 6.54 Å². The first-order chi connectivity index (χ1) is 33.6. The van der Waals surface area contributed by atoms with E-state index in [1.807, 2.05) is 80.6 Å². The molecule has 70 heavy (non-hydrogen) atoms. The molecule has 17 nitrogen and oxygen atoms in total. The molecule has 0 aliphatic carbocycles. The van der Waals surface area contributed by atoms with Gasteiger partial charge in [-0.05, 0) is 136 Å². The van der Waals surface area contributed by atoms with E-state index < -0.39 is 5.91 Å². The van der Waals surface area contributed by atoms with Crippen molar-refractivity contribution in [2.75, 3.05) is 47.4 Å². The maximum absolute atomic E-state index is 12.7. The molecule has 0 radical (unpaired) electrons. The van der Waals surface area contributed by atoms with Gasteiger partial charge in [-0.1, -0.05) is 39.8 Å². The van der Waals surface area contributed by atoms with Gasteiger partial charge in [0.25, 0.3) is 11.8 Å². The lowest BCUT2D eigenvalue weighted by Crippen LogP contribution is -3.00. The van der Waals surface area contributed by atoms with Gasteiger partial charge in [-0.3, -0.25) is 29.3 Å². The molecular weight excluding hydrogens is 892 g/mol. The number of halogens is 1. The zero-order chi connectivity index (χ0) is 49.0. The SMILES string of the molecule is CCN(CC)Cc1ccc(C(=O)Nc2ccc(C)c(Nc3nccc(-c4cccnc4)n3)c2)o1.CCNCC.Cc1ccc(NC(=O)c2ccc(C=O)o2)cc1Nc1nccc(-c2cccnc2)n1.[F-]. The molecule has 5 N–H and O–H groups in total. The molecule has 0 bridgehead atoms. The molecule has 2 aromatic carbocycles. The summed E-state index contributed by atoms with van der Waals surface area (Å²) in [5.74, 6) is 1.33. The van der Waals surface area contributed by atoms with Gasteiger partial charge < -0.3 is 40.1 Å². The van der Waals surface area contributed by atoms with Gasteiger partial charge in [-0.15, -0.1) is 0 Å². The summed E-state index contributed by atoms with van der Waals surface area (Å²) in [6, 6.07) is 28.7. The van der Waals surface area contributed by atoms with Crippen molar-refractivity contribution >= 4 is 52.7 Å². The van der Waals surface area contributed by atoms with E-state index in [4.69, 9.17) is 8.83 Å². The zero-order valence-electron chi connectivity index (χ0n) is 39.9. The van der Waals surface area contributed by atoms with E-state index >= 15 is 0 Å². The summed E-state index contributed by atoms with van der Waals surface area (Å²) in [6.07, 6.45) is 10.8. The highest BCUT2D eigenvalue weighted by Crippen LogP contribution is 2.27. The van der Waals surface area contributed by atoms with Crippen LogP contribution in [0.15, 0.2) is 143 Å². The number of amides is 2. The van der Waals surface area contributed by atoms with Gasteiger partial charge in [0.2, 0.25) is 11.9 Å². The molecule has 0 saturated carbocycles. The number of furan rings is 2. The fourth-order valence-electron chi connectivity index (χ4n) is 6.52. The van der Waals surface area contributed by atoms with E-state index in [-0.39, 0.29) is 27.9 Å². The average molecular weight is 948 g/mol. The van der Waals surface area contributed by atoms with Crippen molar-refractivity contribution in [3.8, 4) is 22.5 Å². The van der Waals surface area contributed by atoms with Gasteiger partial charge in [0.15, 0.2) is 23.6 Å². The topological polar surface area (TPSA) is 218 Å². The summed E-state index contributed by atoms with van der Waals surface area (Å²) in [4.78, 5) is 64.0. The van der Waals surface area contributed by atoms with E-state index in [1.165, 1.54) is 12.1 Å². The highest BCUT2D eigenvalue weighted by Gasteiger charge is 2.16. The van der Waals surface area contributed by atoms with E-state index in [9.17, 15) is 14.4 Å². The number of nitrogens with one attached hydrogen (secondary N) is 5. The van der Waals surface area contributed by atoms with Crippen molar-refractivity contribution in [3.63, 3.8) is 0 Å². The van der Waals surface area contributed by atoms with E-state index in [1.54, 1.807) is 55.4 Å². The predicted molar refractivity (Wildman–Crippen MR) is 269 cm³/mol. The lowest BCUT2D eigenvalue weighted by molar-refractivity contribution is -0.0000356. The Morgan fingerprint density at radius 2 is 1.11 bits per heavy atom. The average Bonchev–Trinajstić information content (AvgIpc) is 4.08. The molecule has 8 aromatic rings. The van der Waals surface area contributed by atoms with Crippen LogP contribution in [0.4, 0.5) is 34.6 Å². The van der Waals surface area contributed by atoms with Gasteiger partial charge in [0.1, 0.15) is 5.76 Å². The Balaban J connectivity index is 0.000000236. The van der Waals surface area contributed by atoms with Gasteiger partial charge in [-0.2, -0.15) is 0 Å². The number of aldehydes is 1. The molecule has 0 unspecified atom stereocenters. The van der Waals surface area contributed by atoms with Gasteiger partial charge in [0, 0.05) is 71.1 Å². The number of nitrogens with zero attached hydrogens (tertiary/aromatic N) is 7. The van der Waals surface area contributed by atoms with Crippen LogP contribution in [0.1, 0.15) is 76.2 Å². The fourth-order valence-corrected chi connectivity index (χ4v) is 6.52. The molecule has 0 atom stereocenters. The summed E-state index contributed by atoms with van der Waals surface area (Å²) < 4.78 is 10.9. The monoisotopic (exact) mass is 947 g/mol. The molecule has 0 aliphatic rings. The summed E-state index contributed by atoms with van der Waals surface area (Å²) >= 11 is 0. The first kappa shape index (κ1) is 52.5. The van der Waals surface area contributed by atoms with Gasteiger partial charge >= 0.3 is 0 Å². The normalized spacial score (nSPS) is 10.4. The van der Waals surface area contributed by atoms with Crippen molar-refractivity contribution in [1.82, 2.24) is 40.1 Å². The first-order valence-electron chi connectivity index (χ1n) is 22.5. The molecule has 2 amide bonds. The summed E-state index contributed by atoms with van der Waals surface area (Å²) in [5, 5.41) is 15.2. The Kier molecular flexibility index (Phi) is 20.1. The molecule has 6 heterocycles. The molecule has 362 valence electrons. The van der Waals surface area contributed by atoms with Crippen LogP contribution in [0.5, 0.6) is 0 Å². The number of carbonyl (C=O) groups excluding carboxylic acids is 3. The van der Waals surface area contributed by atoms with Crippen molar-refractivity contribution in [3.05, 3.63) is 168 Å². The van der Waals surface area contributed by atoms with Crippen LogP contribution >= 0.6 is 0 Å².